The van der Waals surface area contributed by atoms with Crippen LogP contribution in [0.25, 0.3) is 0 Å². The topological polar surface area (TPSA) is 37.3 Å². The third kappa shape index (κ3) is 24.4. The minimum atomic E-state index is -0.693. The van der Waals surface area contributed by atoms with E-state index >= 15 is 0 Å². The third-order valence-corrected chi connectivity index (χ3v) is 0.744. The zero-order valence-electron chi connectivity index (χ0n) is 7.18. The summed E-state index contributed by atoms with van der Waals surface area (Å²) in [5.74, 6) is -0.693. The molecular formula is C7H15LiO2. The van der Waals surface area contributed by atoms with E-state index in [9.17, 15) is 4.79 Å². The standard InChI is InChI=1S/C5H10O2.C2H5.Li/c1-2-3-4-5(6)7;1-2;/h2-4H2,1H3,(H,6,7);1H2,2H3;/q;-1;+1. The van der Waals surface area contributed by atoms with Gasteiger partial charge in [0.05, 0.1) is 0 Å². The van der Waals surface area contributed by atoms with Crippen LogP contribution < -0.4 is 18.9 Å². The average molecular weight is 138 g/mol. The number of rotatable bonds is 3. The van der Waals surface area contributed by atoms with Crippen LogP contribution in [0.5, 0.6) is 0 Å². The Morgan fingerprint density at radius 2 is 1.90 bits per heavy atom. The molecule has 0 fully saturated rings. The monoisotopic (exact) mass is 138 g/mol. The number of hydrogen-bond acceptors (Lipinski definition) is 1. The maximum atomic E-state index is 9.76. The Bertz CT molecular complexity index is 64.6. The van der Waals surface area contributed by atoms with Gasteiger partial charge in [-0.3, -0.25) is 4.79 Å². The van der Waals surface area contributed by atoms with Gasteiger partial charge >= 0.3 is 24.8 Å². The van der Waals surface area contributed by atoms with E-state index in [1.807, 2.05) is 6.92 Å². The summed E-state index contributed by atoms with van der Waals surface area (Å²) < 4.78 is 0. The van der Waals surface area contributed by atoms with E-state index in [-0.39, 0.29) is 18.9 Å². The van der Waals surface area contributed by atoms with Crippen molar-refractivity contribution in [2.24, 2.45) is 0 Å². The molecule has 0 rings (SSSR count). The number of unbranched alkanes of at least 4 members (excludes halogenated alkanes) is 1. The number of hydrogen-bond donors (Lipinski definition) is 1. The van der Waals surface area contributed by atoms with Gasteiger partial charge in [0.25, 0.3) is 0 Å². The van der Waals surface area contributed by atoms with Crippen LogP contribution in [0.2, 0.25) is 0 Å². The molecule has 0 unspecified atom stereocenters. The maximum Gasteiger partial charge on any atom is 1.00 e. The summed E-state index contributed by atoms with van der Waals surface area (Å²) in [7, 11) is 0. The molecule has 0 spiro atoms. The molecule has 0 aliphatic rings. The van der Waals surface area contributed by atoms with Gasteiger partial charge in [-0.1, -0.05) is 13.3 Å². The molecular weight excluding hydrogens is 123 g/mol. The predicted octanol–water partition coefficient (Wildman–Crippen LogP) is -0.894. The zero-order chi connectivity index (χ0) is 7.70. The fraction of sp³-hybridized carbons (Fsp3) is 0.714. The second kappa shape index (κ2) is 16.0. The molecule has 10 heavy (non-hydrogen) atoms. The van der Waals surface area contributed by atoms with E-state index in [4.69, 9.17) is 5.11 Å². The van der Waals surface area contributed by atoms with E-state index in [0.717, 1.165) is 12.8 Å². The fourth-order valence-electron chi connectivity index (χ4n) is 0.328. The Labute approximate surface area is 75.2 Å². The van der Waals surface area contributed by atoms with Crippen LogP contribution in [0.3, 0.4) is 0 Å². The second-order valence-corrected chi connectivity index (χ2v) is 1.50. The summed E-state index contributed by atoms with van der Waals surface area (Å²) in [5.41, 5.74) is 0. The summed E-state index contributed by atoms with van der Waals surface area (Å²) in [6.45, 7) is 6.98. The van der Waals surface area contributed by atoms with Gasteiger partial charge in [0, 0.05) is 6.42 Å². The molecule has 1 N–H and O–H groups in total. The first-order valence-corrected chi connectivity index (χ1v) is 3.20. The molecule has 0 heterocycles. The summed E-state index contributed by atoms with van der Waals surface area (Å²) in [5, 5.41) is 8.04. The molecule has 0 saturated heterocycles. The molecule has 0 radical (unpaired) electrons. The van der Waals surface area contributed by atoms with Gasteiger partial charge in [-0.2, -0.15) is 6.92 Å². The van der Waals surface area contributed by atoms with Gasteiger partial charge < -0.3 is 12.0 Å². The molecule has 0 amide bonds. The molecule has 0 aromatic heterocycles. The van der Waals surface area contributed by atoms with Gasteiger partial charge in [0.15, 0.2) is 0 Å². The first-order chi connectivity index (χ1) is 4.27. The second-order valence-electron chi connectivity index (χ2n) is 1.50. The van der Waals surface area contributed by atoms with E-state index in [1.165, 1.54) is 0 Å². The molecule has 0 bridgehead atoms. The minimum absolute atomic E-state index is 0. The van der Waals surface area contributed by atoms with E-state index in [2.05, 4.69) is 6.92 Å². The molecule has 3 heteroatoms. The number of carboxylic acid groups (broad SMARTS) is 1. The Balaban J connectivity index is -0.000000149. The fourth-order valence-corrected chi connectivity index (χ4v) is 0.328. The van der Waals surface area contributed by atoms with Gasteiger partial charge in [-0.15, -0.1) is 0 Å². The third-order valence-electron chi connectivity index (χ3n) is 0.744. The van der Waals surface area contributed by atoms with Crippen molar-refractivity contribution >= 4 is 5.97 Å². The molecule has 0 saturated carbocycles. The molecule has 0 aliphatic carbocycles. The first-order valence-electron chi connectivity index (χ1n) is 3.20. The van der Waals surface area contributed by atoms with Crippen LogP contribution in [0, 0.1) is 6.92 Å². The van der Waals surface area contributed by atoms with Crippen LogP contribution in [0.1, 0.15) is 33.1 Å². The number of carboxylic acids is 1. The van der Waals surface area contributed by atoms with Crippen LogP contribution in [0.4, 0.5) is 0 Å². The summed E-state index contributed by atoms with van der Waals surface area (Å²) in [6.07, 6.45) is 2.08. The summed E-state index contributed by atoms with van der Waals surface area (Å²) in [6, 6.07) is 0. The normalized spacial score (nSPS) is 6.70. The van der Waals surface area contributed by atoms with Crippen molar-refractivity contribution in [1.29, 1.82) is 0 Å². The van der Waals surface area contributed by atoms with E-state index < -0.39 is 5.97 Å². The van der Waals surface area contributed by atoms with E-state index in [1.54, 1.807) is 6.92 Å². The SMILES string of the molecule is CCCCC(=O)O.[CH2-]C.[Li+]. The molecule has 0 atom stereocenters. The largest absolute Gasteiger partial charge is 1.00 e. The Morgan fingerprint density at radius 3 is 2.00 bits per heavy atom. The van der Waals surface area contributed by atoms with Crippen LogP contribution in [0.15, 0.2) is 0 Å². The van der Waals surface area contributed by atoms with Crippen LogP contribution >= 0.6 is 0 Å². The van der Waals surface area contributed by atoms with E-state index in [0.29, 0.717) is 6.42 Å². The molecule has 0 aromatic carbocycles. The molecule has 0 aromatic rings. The van der Waals surface area contributed by atoms with Crippen molar-refractivity contribution in [2.45, 2.75) is 33.1 Å². The number of aliphatic carboxylic acids is 1. The Hall–Kier alpha value is 0.0674. The first kappa shape index (κ1) is 16.6. The molecule has 0 aliphatic heterocycles. The maximum absolute atomic E-state index is 9.76. The summed E-state index contributed by atoms with van der Waals surface area (Å²) >= 11 is 0. The minimum Gasteiger partial charge on any atom is -0.481 e. The van der Waals surface area contributed by atoms with Gasteiger partial charge in [-0.25, -0.2) is 0 Å². The average Bonchev–Trinajstić information content (AvgIpc) is 1.88. The van der Waals surface area contributed by atoms with Crippen LogP contribution in [-0.4, -0.2) is 11.1 Å². The van der Waals surface area contributed by atoms with Crippen molar-refractivity contribution in [3.8, 4) is 0 Å². The quantitative estimate of drug-likeness (QED) is 0.405. The summed E-state index contributed by atoms with van der Waals surface area (Å²) in [4.78, 5) is 9.76. The van der Waals surface area contributed by atoms with Gasteiger partial charge in [0.2, 0.25) is 0 Å². The smallest absolute Gasteiger partial charge is 0.481 e. The molecule has 56 valence electrons. The Kier molecular flexibility index (Phi) is 26.6. The van der Waals surface area contributed by atoms with Crippen molar-refractivity contribution in [1.82, 2.24) is 0 Å². The molecule has 2 nitrogen and oxygen atoms in total. The van der Waals surface area contributed by atoms with Crippen molar-refractivity contribution in [3.05, 3.63) is 6.92 Å². The van der Waals surface area contributed by atoms with Gasteiger partial charge in [0.1, 0.15) is 0 Å². The number of carbonyl (C=O) groups is 1. The van der Waals surface area contributed by atoms with Crippen LogP contribution in [-0.2, 0) is 4.79 Å². The Morgan fingerprint density at radius 1 is 1.50 bits per heavy atom. The van der Waals surface area contributed by atoms with Gasteiger partial charge in [-0.05, 0) is 6.42 Å². The van der Waals surface area contributed by atoms with Crippen molar-refractivity contribution in [3.63, 3.8) is 0 Å². The van der Waals surface area contributed by atoms with Crippen molar-refractivity contribution < 1.29 is 28.8 Å². The predicted molar refractivity (Wildman–Crippen MR) is 38.2 cm³/mol. The van der Waals surface area contributed by atoms with Crippen molar-refractivity contribution in [2.75, 3.05) is 0 Å². The zero-order valence-corrected chi connectivity index (χ0v) is 7.18.